The van der Waals surface area contributed by atoms with E-state index >= 15 is 0 Å². The predicted molar refractivity (Wildman–Crippen MR) is 94.7 cm³/mol. The van der Waals surface area contributed by atoms with Crippen LogP contribution in [0.1, 0.15) is 22.4 Å². The summed E-state index contributed by atoms with van der Waals surface area (Å²) in [5.74, 6) is -0.106. The van der Waals surface area contributed by atoms with Gasteiger partial charge in [0.15, 0.2) is 5.58 Å². The summed E-state index contributed by atoms with van der Waals surface area (Å²) in [6, 6.07) is 9.76. The summed E-state index contributed by atoms with van der Waals surface area (Å²) in [5, 5.41) is 7.93. The van der Waals surface area contributed by atoms with Crippen molar-refractivity contribution in [2.75, 3.05) is 5.32 Å². The average Bonchev–Trinajstić information content (AvgIpc) is 2.85. The first-order valence-corrected chi connectivity index (χ1v) is 8.15. The molecule has 0 bridgehead atoms. The van der Waals surface area contributed by atoms with Gasteiger partial charge in [0, 0.05) is 15.5 Å². The van der Waals surface area contributed by atoms with E-state index < -0.39 is 0 Å². The molecule has 3 rings (SSSR count). The molecule has 0 fully saturated rings. The Morgan fingerprint density at radius 2 is 1.96 bits per heavy atom. The molecule has 0 aliphatic rings. The zero-order valence-electron chi connectivity index (χ0n) is 13.2. The molecule has 4 nitrogen and oxygen atoms in total. The molecule has 1 amide bonds. The van der Waals surface area contributed by atoms with Crippen molar-refractivity contribution >= 4 is 38.5 Å². The van der Waals surface area contributed by atoms with Crippen molar-refractivity contribution in [3.8, 4) is 0 Å². The number of fused-ring (bicyclic) bond motifs is 1. The van der Waals surface area contributed by atoms with Gasteiger partial charge in [-0.2, -0.15) is 0 Å². The van der Waals surface area contributed by atoms with E-state index in [1.54, 1.807) is 0 Å². The molecule has 118 valence electrons. The number of benzene rings is 2. The summed E-state index contributed by atoms with van der Waals surface area (Å²) in [7, 11) is 0. The van der Waals surface area contributed by atoms with Gasteiger partial charge in [0.05, 0.1) is 6.42 Å². The maximum atomic E-state index is 12.3. The summed E-state index contributed by atoms with van der Waals surface area (Å²) in [5.41, 5.74) is 5.40. The van der Waals surface area contributed by atoms with E-state index in [0.717, 1.165) is 37.8 Å². The van der Waals surface area contributed by atoms with E-state index in [0.29, 0.717) is 5.69 Å². The van der Waals surface area contributed by atoms with Crippen molar-refractivity contribution in [1.29, 1.82) is 0 Å². The van der Waals surface area contributed by atoms with Gasteiger partial charge < -0.3 is 9.84 Å². The molecule has 0 aliphatic heterocycles. The van der Waals surface area contributed by atoms with Crippen LogP contribution in [0.2, 0.25) is 0 Å². The molecule has 0 saturated carbocycles. The zero-order valence-corrected chi connectivity index (χ0v) is 14.8. The van der Waals surface area contributed by atoms with E-state index in [1.165, 1.54) is 0 Å². The Bertz CT molecular complexity index is 899. The Morgan fingerprint density at radius 3 is 2.70 bits per heavy atom. The topological polar surface area (TPSA) is 55.1 Å². The summed E-state index contributed by atoms with van der Waals surface area (Å²) in [4.78, 5) is 12.3. The van der Waals surface area contributed by atoms with Crippen LogP contribution in [0.15, 0.2) is 39.3 Å². The first kappa shape index (κ1) is 15.7. The Morgan fingerprint density at radius 1 is 1.17 bits per heavy atom. The second-order valence-electron chi connectivity index (χ2n) is 5.77. The molecular formula is C18H17BrN2O2. The van der Waals surface area contributed by atoms with E-state index in [1.807, 2.05) is 45.0 Å². The molecule has 1 heterocycles. The first-order chi connectivity index (χ1) is 10.9. The molecule has 0 spiro atoms. The summed E-state index contributed by atoms with van der Waals surface area (Å²) in [6.07, 6.45) is 0.187. The molecule has 0 unspecified atom stereocenters. The second kappa shape index (κ2) is 6.16. The summed E-state index contributed by atoms with van der Waals surface area (Å²) in [6.45, 7) is 5.98. The highest BCUT2D eigenvalue weighted by atomic mass is 79.9. The van der Waals surface area contributed by atoms with Gasteiger partial charge in [0.25, 0.3) is 0 Å². The number of amides is 1. The number of aromatic nitrogens is 1. The number of hydrogen-bond acceptors (Lipinski definition) is 3. The van der Waals surface area contributed by atoms with Crippen molar-refractivity contribution in [3.63, 3.8) is 0 Å². The van der Waals surface area contributed by atoms with Gasteiger partial charge in [0.1, 0.15) is 5.69 Å². The fourth-order valence-corrected chi connectivity index (χ4v) is 3.23. The Hall–Kier alpha value is -2.14. The lowest BCUT2D eigenvalue weighted by molar-refractivity contribution is -0.115. The summed E-state index contributed by atoms with van der Waals surface area (Å²) >= 11 is 3.42. The van der Waals surface area contributed by atoms with Gasteiger partial charge in [-0.3, -0.25) is 4.79 Å². The van der Waals surface area contributed by atoms with Gasteiger partial charge in [-0.1, -0.05) is 27.2 Å². The quantitative estimate of drug-likeness (QED) is 0.724. The number of aryl methyl sites for hydroxylation is 3. The van der Waals surface area contributed by atoms with Gasteiger partial charge in [-0.05, 0) is 61.7 Å². The van der Waals surface area contributed by atoms with Crippen molar-refractivity contribution < 1.29 is 9.32 Å². The third-order valence-electron chi connectivity index (χ3n) is 3.78. The van der Waals surface area contributed by atoms with Crippen molar-refractivity contribution in [3.05, 3.63) is 57.2 Å². The lowest BCUT2D eigenvalue weighted by Crippen LogP contribution is -2.15. The standard InChI is InChI=1S/C18H17BrN2O2/c1-10-6-12(3)18-15(21-23-16(18)7-10)9-17(22)20-14-5-4-13(19)8-11(14)2/h4-8H,9H2,1-3H3,(H,20,22). The lowest BCUT2D eigenvalue weighted by atomic mass is 10.0. The SMILES string of the molecule is Cc1cc(C)c2c(CC(=O)Nc3ccc(Br)cc3C)noc2c1. The molecule has 0 aliphatic carbocycles. The minimum atomic E-state index is -0.106. The second-order valence-corrected chi connectivity index (χ2v) is 6.68. The molecule has 1 aromatic heterocycles. The van der Waals surface area contributed by atoms with Crippen LogP contribution in [0.3, 0.4) is 0 Å². The molecular weight excluding hydrogens is 356 g/mol. The fourth-order valence-electron chi connectivity index (χ4n) is 2.75. The number of nitrogens with zero attached hydrogens (tertiary/aromatic N) is 1. The normalized spacial score (nSPS) is 11.0. The number of carbonyl (C=O) groups is 1. The Kier molecular flexibility index (Phi) is 4.22. The minimum absolute atomic E-state index is 0.106. The van der Waals surface area contributed by atoms with Crippen LogP contribution in [0.5, 0.6) is 0 Å². The van der Waals surface area contributed by atoms with Gasteiger partial charge in [-0.25, -0.2) is 0 Å². The average molecular weight is 373 g/mol. The van der Waals surface area contributed by atoms with E-state index in [2.05, 4.69) is 32.5 Å². The van der Waals surface area contributed by atoms with Crippen molar-refractivity contribution in [1.82, 2.24) is 5.16 Å². The predicted octanol–water partition coefficient (Wildman–Crippen LogP) is 4.70. The number of rotatable bonds is 3. The van der Waals surface area contributed by atoms with E-state index in [-0.39, 0.29) is 12.3 Å². The van der Waals surface area contributed by atoms with Crippen LogP contribution in [0.25, 0.3) is 11.0 Å². The number of halogens is 1. The van der Waals surface area contributed by atoms with Crippen LogP contribution >= 0.6 is 15.9 Å². The molecule has 0 atom stereocenters. The molecule has 0 saturated heterocycles. The van der Waals surface area contributed by atoms with Gasteiger partial charge in [0.2, 0.25) is 5.91 Å². The number of anilines is 1. The highest BCUT2D eigenvalue weighted by Crippen LogP contribution is 2.25. The number of carbonyl (C=O) groups excluding carboxylic acids is 1. The third kappa shape index (κ3) is 3.29. The molecule has 5 heteroatoms. The minimum Gasteiger partial charge on any atom is -0.356 e. The van der Waals surface area contributed by atoms with Crippen molar-refractivity contribution in [2.24, 2.45) is 0 Å². The van der Waals surface area contributed by atoms with E-state index in [4.69, 9.17) is 4.52 Å². The highest BCUT2D eigenvalue weighted by Gasteiger charge is 2.15. The van der Waals surface area contributed by atoms with Crippen LogP contribution in [-0.2, 0) is 11.2 Å². The lowest BCUT2D eigenvalue weighted by Gasteiger charge is -2.08. The Balaban J connectivity index is 1.83. The largest absolute Gasteiger partial charge is 0.356 e. The molecule has 3 aromatic rings. The number of hydrogen-bond donors (Lipinski definition) is 1. The highest BCUT2D eigenvalue weighted by molar-refractivity contribution is 9.10. The number of nitrogens with one attached hydrogen (secondary N) is 1. The van der Waals surface area contributed by atoms with Crippen LogP contribution in [0.4, 0.5) is 5.69 Å². The first-order valence-electron chi connectivity index (χ1n) is 7.35. The molecule has 1 N–H and O–H groups in total. The van der Waals surface area contributed by atoms with Crippen molar-refractivity contribution in [2.45, 2.75) is 27.2 Å². The Labute approximate surface area is 143 Å². The van der Waals surface area contributed by atoms with Gasteiger partial charge in [-0.15, -0.1) is 0 Å². The molecule has 23 heavy (non-hydrogen) atoms. The third-order valence-corrected chi connectivity index (χ3v) is 4.27. The van der Waals surface area contributed by atoms with Gasteiger partial charge >= 0.3 is 0 Å². The summed E-state index contributed by atoms with van der Waals surface area (Å²) < 4.78 is 6.35. The maximum absolute atomic E-state index is 12.3. The van der Waals surface area contributed by atoms with Crippen LogP contribution in [0, 0.1) is 20.8 Å². The molecule has 2 aromatic carbocycles. The smallest absolute Gasteiger partial charge is 0.230 e. The molecule has 0 radical (unpaired) electrons. The monoisotopic (exact) mass is 372 g/mol. The van der Waals surface area contributed by atoms with Crippen LogP contribution in [-0.4, -0.2) is 11.1 Å². The van der Waals surface area contributed by atoms with E-state index in [9.17, 15) is 4.79 Å². The van der Waals surface area contributed by atoms with Crippen LogP contribution < -0.4 is 5.32 Å². The zero-order chi connectivity index (χ0) is 16.6. The maximum Gasteiger partial charge on any atom is 0.230 e. The fraction of sp³-hybridized carbons (Fsp3) is 0.222.